The molecule has 1 unspecified atom stereocenters. The molecule has 1 rings (SSSR count). The van der Waals surface area contributed by atoms with Crippen molar-refractivity contribution >= 4 is 0 Å². The minimum atomic E-state index is 0.586. The van der Waals surface area contributed by atoms with Gasteiger partial charge in [-0.05, 0) is 36.0 Å². The van der Waals surface area contributed by atoms with Crippen molar-refractivity contribution in [2.24, 2.45) is 16.7 Å². The Morgan fingerprint density at radius 1 is 1.17 bits per heavy atom. The summed E-state index contributed by atoms with van der Waals surface area (Å²) in [6.45, 7) is 12.1. The van der Waals surface area contributed by atoms with Crippen molar-refractivity contribution in [3.63, 3.8) is 0 Å². The van der Waals surface area contributed by atoms with Crippen LogP contribution in [0.25, 0.3) is 0 Å². The largest absolute Gasteiger partial charge is 0.0649 e. The predicted molar refractivity (Wildman–Crippen MR) is 55.2 cm³/mol. The fourth-order valence-electron chi connectivity index (χ4n) is 3.43. The fraction of sp³-hybridized carbons (Fsp3) is 1.00. The maximum Gasteiger partial charge on any atom is -0.0321 e. The summed E-state index contributed by atoms with van der Waals surface area (Å²) in [5.74, 6) is 0.929. The second-order valence-electron chi connectivity index (χ2n) is 6.02. The highest BCUT2D eigenvalue weighted by Gasteiger charge is 2.38. The molecule has 0 amide bonds. The molecule has 1 saturated carbocycles. The molecule has 0 aromatic rings. The minimum Gasteiger partial charge on any atom is -0.0649 e. The summed E-state index contributed by atoms with van der Waals surface area (Å²) >= 11 is 0. The zero-order valence-electron chi connectivity index (χ0n) is 9.41. The van der Waals surface area contributed by atoms with Gasteiger partial charge in [-0.3, -0.25) is 0 Å². The van der Waals surface area contributed by atoms with E-state index in [2.05, 4.69) is 34.6 Å². The molecule has 2 atom stereocenters. The zero-order valence-corrected chi connectivity index (χ0v) is 9.41. The Hall–Kier alpha value is 0. The van der Waals surface area contributed by atoms with Gasteiger partial charge in [-0.15, -0.1) is 0 Å². The van der Waals surface area contributed by atoms with Gasteiger partial charge in [0.2, 0.25) is 0 Å². The molecule has 0 N–H and O–H groups in total. The Morgan fingerprint density at radius 2 is 1.75 bits per heavy atom. The Morgan fingerprint density at radius 3 is 2.17 bits per heavy atom. The van der Waals surface area contributed by atoms with Crippen LogP contribution in [0.15, 0.2) is 0 Å². The van der Waals surface area contributed by atoms with Crippen LogP contribution < -0.4 is 0 Å². The van der Waals surface area contributed by atoms with Gasteiger partial charge in [0.15, 0.2) is 0 Å². The van der Waals surface area contributed by atoms with Crippen LogP contribution in [0.3, 0.4) is 0 Å². The maximum atomic E-state index is 2.46. The van der Waals surface area contributed by atoms with E-state index in [1.54, 1.807) is 0 Å². The summed E-state index contributed by atoms with van der Waals surface area (Å²) in [7, 11) is 0. The molecule has 0 aliphatic heterocycles. The van der Waals surface area contributed by atoms with Gasteiger partial charge in [-0.2, -0.15) is 0 Å². The Bertz CT molecular complexity index is 157. The van der Waals surface area contributed by atoms with Crippen molar-refractivity contribution in [2.45, 2.75) is 60.3 Å². The highest BCUT2D eigenvalue weighted by molar-refractivity contribution is 4.89. The molecule has 0 heterocycles. The van der Waals surface area contributed by atoms with Gasteiger partial charge in [0.1, 0.15) is 0 Å². The number of hydrogen-bond donors (Lipinski definition) is 0. The van der Waals surface area contributed by atoms with Gasteiger partial charge in [-0.1, -0.05) is 41.0 Å². The molecule has 0 aromatic carbocycles. The average Bonchev–Trinajstić information content (AvgIpc) is 1.82. The van der Waals surface area contributed by atoms with Gasteiger partial charge >= 0.3 is 0 Å². The summed E-state index contributed by atoms with van der Waals surface area (Å²) in [6, 6.07) is 0. The first kappa shape index (κ1) is 10.1. The lowest BCUT2D eigenvalue weighted by molar-refractivity contribution is 0.0582. The SMILES string of the molecule is CC[C@@]1(C)CC(C)CC(C)(C)C1. The van der Waals surface area contributed by atoms with Crippen LogP contribution >= 0.6 is 0 Å². The van der Waals surface area contributed by atoms with Crippen LogP contribution in [0.4, 0.5) is 0 Å². The summed E-state index contributed by atoms with van der Waals surface area (Å²) in [4.78, 5) is 0. The lowest BCUT2D eigenvalue weighted by atomic mass is 9.60. The minimum absolute atomic E-state index is 0.586. The smallest absolute Gasteiger partial charge is 0.0321 e. The van der Waals surface area contributed by atoms with Gasteiger partial charge < -0.3 is 0 Å². The van der Waals surface area contributed by atoms with E-state index in [9.17, 15) is 0 Å². The Kier molecular flexibility index (Phi) is 2.56. The molecule has 0 saturated heterocycles. The maximum absolute atomic E-state index is 2.46. The first-order valence-electron chi connectivity index (χ1n) is 5.37. The second-order valence-corrected chi connectivity index (χ2v) is 6.02. The van der Waals surface area contributed by atoms with Crippen molar-refractivity contribution < 1.29 is 0 Å². The summed E-state index contributed by atoms with van der Waals surface area (Å²) < 4.78 is 0. The quantitative estimate of drug-likeness (QED) is 0.549. The predicted octanol–water partition coefficient (Wildman–Crippen LogP) is 4.25. The van der Waals surface area contributed by atoms with E-state index in [1.807, 2.05) is 0 Å². The summed E-state index contributed by atoms with van der Waals surface area (Å²) in [6.07, 6.45) is 5.62. The normalized spacial score (nSPS) is 41.2. The van der Waals surface area contributed by atoms with Crippen LogP contribution in [0.1, 0.15) is 60.3 Å². The van der Waals surface area contributed by atoms with E-state index in [0.29, 0.717) is 10.8 Å². The van der Waals surface area contributed by atoms with Crippen LogP contribution in [0, 0.1) is 16.7 Å². The number of rotatable bonds is 1. The van der Waals surface area contributed by atoms with Crippen molar-refractivity contribution in [1.82, 2.24) is 0 Å². The van der Waals surface area contributed by atoms with Gasteiger partial charge in [-0.25, -0.2) is 0 Å². The van der Waals surface area contributed by atoms with Crippen LogP contribution in [-0.4, -0.2) is 0 Å². The van der Waals surface area contributed by atoms with Crippen molar-refractivity contribution in [1.29, 1.82) is 0 Å². The molecule has 0 spiro atoms. The van der Waals surface area contributed by atoms with Crippen LogP contribution in [0.5, 0.6) is 0 Å². The lowest BCUT2D eigenvalue weighted by Crippen LogP contribution is -2.34. The summed E-state index contributed by atoms with van der Waals surface area (Å²) in [5.41, 5.74) is 1.21. The third-order valence-electron chi connectivity index (χ3n) is 3.50. The van der Waals surface area contributed by atoms with Crippen molar-refractivity contribution in [3.8, 4) is 0 Å². The number of hydrogen-bond acceptors (Lipinski definition) is 0. The van der Waals surface area contributed by atoms with Crippen molar-refractivity contribution in [3.05, 3.63) is 0 Å². The molecule has 1 fully saturated rings. The van der Waals surface area contributed by atoms with E-state index in [4.69, 9.17) is 0 Å². The molecule has 0 radical (unpaired) electrons. The highest BCUT2D eigenvalue weighted by Crippen LogP contribution is 2.49. The van der Waals surface area contributed by atoms with E-state index >= 15 is 0 Å². The van der Waals surface area contributed by atoms with E-state index in [1.165, 1.54) is 25.7 Å². The third kappa shape index (κ3) is 2.24. The lowest BCUT2D eigenvalue weighted by Gasteiger charge is -2.45. The molecule has 1 aliphatic carbocycles. The second kappa shape index (κ2) is 3.05. The van der Waals surface area contributed by atoms with Gasteiger partial charge in [0, 0.05) is 0 Å². The molecule has 0 nitrogen and oxygen atoms in total. The van der Waals surface area contributed by atoms with Crippen molar-refractivity contribution in [2.75, 3.05) is 0 Å². The van der Waals surface area contributed by atoms with E-state index < -0.39 is 0 Å². The molecule has 1 aliphatic rings. The van der Waals surface area contributed by atoms with Crippen LogP contribution in [-0.2, 0) is 0 Å². The van der Waals surface area contributed by atoms with Gasteiger partial charge in [0.25, 0.3) is 0 Å². The Labute approximate surface area is 77.7 Å². The molecule has 0 aromatic heterocycles. The molecular weight excluding hydrogens is 144 g/mol. The highest BCUT2D eigenvalue weighted by atomic mass is 14.4. The molecule has 12 heavy (non-hydrogen) atoms. The summed E-state index contributed by atoms with van der Waals surface area (Å²) in [5, 5.41) is 0. The molecule has 0 bridgehead atoms. The topological polar surface area (TPSA) is 0 Å². The molecular formula is C12H24. The van der Waals surface area contributed by atoms with Crippen LogP contribution in [0.2, 0.25) is 0 Å². The first-order valence-corrected chi connectivity index (χ1v) is 5.37. The zero-order chi connectivity index (χ0) is 9.41. The van der Waals surface area contributed by atoms with E-state index in [-0.39, 0.29) is 0 Å². The third-order valence-corrected chi connectivity index (χ3v) is 3.50. The standard InChI is InChI=1S/C12H24/c1-6-12(5)8-10(2)7-11(3,4)9-12/h10H,6-9H2,1-5H3/t10?,12-/m0/s1. The monoisotopic (exact) mass is 168 g/mol. The first-order chi connectivity index (χ1) is 5.37. The fourth-order valence-corrected chi connectivity index (χ4v) is 3.43. The molecule has 0 heteroatoms. The van der Waals surface area contributed by atoms with E-state index in [0.717, 1.165) is 5.92 Å². The molecule has 72 valence electrons. The average molecular weight is 168 g/mol. The van der Waals surface area contributed by atoms with Gasteiger partial charge in [0.05, 0.1) is 0 Å². The Balaban J connectivity index is 2.70.